The summed E-state index contributed by atoms with van der Waals surface area (Å²) in [5, 5.41) is 8.62. The van der Waals surface area contributed by atoms with Crippen LogP contribution in [0.4, 0.5) is 28.0 Å². The van der Waals surface area contributed by atoms with Crippen LogP contribution in [0, 0.1) is 11.7 Å². The number of benzene rings is 2. The SMILES string of the molecule is CC(C)(C)OC(=O)NCc1cccc(-n2nc(C(F)(F)F)cc2C(=O)Nc2cc(CCC(Br)C3CC3)ccc2F)c1. The van der Waals surface area contributed by atoms with Crippen molar-refractivity contribution in [3.8, 4) is 5.69 Å². The Balaban J connectivity index is 1.56. The van der Waals surface area contributed by atoms with Crippen molar-refractivity contribution in [1.29, 1.82) is 0 Å². The first-order chi connectivity index (χ1) is 19.2. The lowest BCUT2D eigenvalue weighted by Gasteiger charge is -2.19. The number of amides is 2. The van der Waals surface area contributed by atoms with Crippen molar-refractivity contribution in [2.24, 2.45) is 5.92 Å². The Bertz CT molecular complexity index is 1410. The predicted octanol–water partition coefficient (Wildman–Crippen LogP) is 7.41. The molecule has 1 saturated carbocycles. The van der Waals surface area contributed by atoms with Crippen LogP contribution in [-0.2, 0) is 23.9 Å². The third kappa shape index (κ3) is 8.54. The average Bonchev–Trinajstić information content (AvgIpc) is 3.63. The van der Waals surface area contributed by atoms with Gasteiger partial charge in [-0.3, -0.25) is 4.79 Å². The van der Waals surface area contributed by atoms with Gasteiger partial charge in [0.2, 0.25) is 0 Å². The fourth-order valence-corrected chi connectivity index (χ4v) is 4.93. The van der Waals surface area contributed by atoms with Crippen molar-refractivity contribution in [3.63, 3.8) is 0 Å². The standard InChI is InChI=1S/C29H31BrF4N4O3/c1-28(2,3)41-27(40)35-16-18-5-4-6-20(13-18)38-24(15-25(37-38)29(32,33)34)26(39)36-23-14-17(8-12-22(23)31)7-11-21(30)19-9-10-19/h4-6,8,12-15,19,21H,7,9-11,16H2,1-3H3,(H,35,40)(H,36,39). The van der Waals surface area contributed by atoms with Crippen LogP contribution in [0.3, 0.4) is 0 Å². The number of nitrogens with zero attached hydrogens (tertiary/aromatic N) is 2. The third-order valence-electron chi connectivity index (χ3n) is 6.34. The Morgan fingerprint density at radius 2 is 1.83 bits per heavy atom. The van der Waals surface area contributed by atoms with E-state index in [1.807, 2.05) is 0 Å². The molecule has 0 saturated heterocycles. The first-order valence-electron chi connectivity index (χ1n) is 13.2. The van der Waals surface area contributed by atoms with E-state index >= 15 is 0 Å². The molecule has 0 spiro atoms. The zero-order valence-corrected chi connectivity index (χ0v) is 24.4. The van der Waals surface area contributed by atoms with E-state index in [1.165, 1.54) is 37.1 Å². The van der Waals surface area contributed by atoms with E-state index in [2.05, 4.69) is 31.7 Å². The Labute approximate surface area is 243 Å². The van der Waals surface area contributed by atoms with E-state index in [0.29, 0.717) is 28.8 Å². The predicted molar refractivity (Wildman–Crippen MR) is 150 cm³/mol. The van der Waals surface area contributed by atoms with Gasteiger partial charge in [-0.25, -0.2) is 13.9 Å². The quantitative estimate of drug-likeness (QED) is 0.189. The van der Waals surface area contributed by atoms with Crippen LogP contribution in [-0.4, -0.2) is 32.2 Å². The van der Waals surface area contributed by atoms with Crippen molar-refractivity contribution < 1.29 is 31.9 Å². The number of anilines is 1. The Morgan fingerprint density at radius 1 is 1.10 bits per heavy atom. The largest absolute Gasteiger partial charge is 0.444 e. The summed E-state index contributed by atoms with van der Waals surface area (Å²) in [4.78, 5) is 25.6. The lowest BCUT2D eigenvalue weighted by atomic mass is 10.1. The molecule has 1 aliphatic rings. The molecule has 1 aliphatic carbocycles. The van der Waals surface area contributed by atoms with E-state index in [1.54, 1.807) is 39.0 Å². The second-order valence-corrected chi connectivity index (χ2v) is 12.2. The van der Waals surface area contributed by atoms with Crippen LogP contribution >= 0.6 is 15.9 Å². The highest BCUT2D eigenvalue weighted by Gasteiger charge is 2.36. The van der Waals surface area contributed by atoms with Crippen molar-refractivity contribution in [2.45, 2.75) is 69.6 Å². The fraction of sp³-hybridized carbons (Fsp3) is 0.414. The maximum Gasteiger partial charge on any atom is 0.435 e. The molecule has 7 nitrogen and oxygen atoms in total. The molecule has 12 heteroatoms. The fourth-order valence-electron chi connectivity index (χ4n) is 4.17. The molecule has 41 heavy (non-hydrogen) atoms. The highest BCUT2D eigenvalue weighted by atomic mass is 79.9. The Hall–Kier alpha value is -3.41. The van der Waals surface area contributed by atoms with Gasteiger partial charge in [0, 0.05) is 17.4 Å². The maximum absolute atomic E-state index is 14.6. The summed E-state index contributed by atoms with van der Waals surface area (Å²) < 4.78 is 61.5. The van der Waals surface area contributed by atoms with Gasteiger partial charge >= 0.3 is 12.3 Å². The summed E-state index contributed by atoms with van der Waals surface area (Å²) >= 11 is 3.68. The van der Waals surface area contributed by atoms with Crippen molar-refractivity contribution in [3.05, 3.63) is 76.9 Å². The lowest BCUT2D eigenvalue weighted by molar-refractivity contribution is -0.141. The number of alkyl carbamates (subject to hydrolysis) is 1. The van der Waals surface area contributed by atoms with Gasteiger partial charge in [0.1, 0.15) is 17.1 Å². The smallest absolute Gasteiger partial charge is 0.435 e. The molecular weight excluding hydrogens is 608 g/mol. The van der Waals surface area contributed by atoms with Crippen LogP contribution in [0.5, 0.6) is 0 Å². The number of carbonyl (C=O) groups is 2. The van der Waals surface area contributed by atoms with Gasteiger partial charge in [-0.05, 0) is 87.8 Å². The number of aryl methyl sites for hydroxylation is 1. The van der Waals surface area contributed by atoms with E-state index < -0.39 is 41.0 Å². The number of hydrogen-bond donors (Lipinski definition) is 2. The normalized spacial score (nSPS) is 14.4. The van der Waals surface area contributed by atoms with Gasteiger partial charge in [-0.1, -0.05) is 34.1 Å². The molecule has 0 radical (unpaired) electrons. The number of rotatable bonds is 9. The lowest BCUT2D eigenvalue weighted by Crippen LogP contribution is -2.32. The number of nitrogens with one attached hydrogen (secondary N) is 2. The molecule has 1 fully saturated rings. The van der Waals surface area contributed by atoms with E-state index in [9.17, 15) is 27.2 Å². The molecule has 1 atom stereocenters. The van der Waals surface area contributed by atoms with Gasteiger partial charge in [-0.15, -0.1) is 0 Å². The van der Waals surface area contributed by atoms with Crippen LogP contribution in [0.25, 0.3) is 5.69 Å². The first-order valence-corrected chi connectivity index (χ1v) is 14.1. The van der Waals surface area contributed by atoms with Gasteiger partial charge in [0.05, 0.1) is 11.4 Å². The highest BCUT2D eigenvalue weighted by molar-refractivity contribution is 9.09. The van der Waals surface area contributed by atoms with Crippen LogP contribution in [0.2, 0.25) is 0 Å². The van der Waals surface area contributed by atoms with Gasteiger partial charge < -0.3 is 15.4 Å². The van der Waals surface area contributed by atoms with Crippen molar-refractivity contribution in [2.75, 3.05) is 5.32 Å². The van der Waals surface area contributed by atoms with Gasteiger partial charge in [0.15, 0.2) is 5.69 Å². The van der Waals surface area contributed by atoms with Crippen LogP contribution in [0.1, 0.15) is 67.3 Å². The van der Waals surface area contributed by atoms with Gasteiger partial charge in [0.25, 0.3) is 5.91 Å². The van der Waals surface area contributed by atoms with E-state index in [4.69, 9.17) is 4.74 Å². The summed E-state index contributed by atoms with van der Waals surface area (Å²) in [6.07, 6.45) is -1.64. The molecule has 4 rings (SSSR count). The number of halogens is 5. The second kappa shape index (κ2) is 12.2. The molecule has 0 aliphatic heterocycles. The Morgan fingerprint density at radius 3 is 2.49 bits per heavy atom. The number of carbonyl (C=O) groups excluding carboxylic acids is 2. The van der Waals surface area contributed by atoms with Gasteiger partial charge in [-0.2, -0.15) is 18.3 Å². The number of aromatic nitrogens is 2. The summed E-state index contributed by atoms with van der Waals surface area (Å²) in [5.41, 5.74) is -1.09. The van der Waals surface area contributed by atoms with Crippen molar-refractivity contribution in [1.82, 2.24) is 15.1 Å². The zero-order chi connectivity index (χ0) is 29.9. The van der Waals surface area contributed by atoms with E-state index in [0.717, 1.165) is 16.7 Å². The average molecular weight is 639 g/mol. The molecule has 1 heterocycles. The first kappa shape index (κ1) is 30.5. The van der Waals surface area contributed by atoms with Crippen molar-refractivity contribution >= 4 is 33.6 Å². The molecule has 2 amide bonds. The number of hydrogen-bond acceptors (Lipinski definition) is 4. The highest BCUT2D eigenvalue weighted by Crippen LogP contribution is 2.38. The monoisotopic (exact) mass is 638 g/mol. The minimum absolute atomic E-state index is 0.0195. The van der Waals surface area contributed by atoms with Crippen LogP contribution < -0.4 is 10.6 Å². The maximum atomic E-state index is 14.6. The molecule has 2 aromatic carbocycles. The molecule has 1 unspecified atom stereocenters. The second-order valence-electron chi connectivity index (χ2n) is 11.0. The number of alkyl halides is 4. The molecular formula is C29H31BrF4N4O3. The van der Waals surface area contributed by atoms with Crippen LogP contribution in [0.15, 0.2) is 48.5 Å². The minimum Gasteiger partial charge on any atom is -0.444 e. The topological polar surface area (TPSA) is 85.2 Å². The minimum atomic E-state index is -4.82. The molecule has 3 aromatic rings. The van der Waals surface area contributed by atoms with E-state index in [-0.39, 0.29) is 17.9 Å². The summed E-state index contributed by atoms with van der Waals surface area (Å²) in [6, 6.07) is 11.1. The summed E-state index contributed by atoms with van der Waals surface area (Å²) in [7, 11) is 0. The third-order valence-corrected chi connectivity index (χ3v) is 7.55. The molecule has 0 bridgehead atoms. The molecule has 220 valence electrons. The Kier molecular flexibility index (Phi) is 9.10. The molecule has 1 aromatic heterocycles. The number of ether oxygens (including phenoxy) is 1. The summed E-state index contributed by atoms with van der Waals surface area (Å²) in [6.45, 7) is 5.16. The molecule has 2 N–H and O–H groups in total. The summed E-state index contributed by atoms with van der Waals surface area (Å²) in [5.74, 6) is -1.03. The zero-order valence-electron chi connectivity index (χ0n) is 22.8.